The number of likely N-dealkylation sites (tertiary alicyclic amines) is 1. The molecule has 1 saturated heterocycles. The van der Waals surface area contributed by atoms with E-state index >= 15 is 0 Å². The van der Waals surface area contributed by atoms with Crippen LogP contribution in [0.2, 0.25) is 0 Å². The molecule has 1 aliphatic rings. The van der Waals surface area contributed by atoms with Gasteiger partial charge in [0.05, 0.1) is 6.54 Å². The molecule has 0 atom stereocenters. The Morgan fingerprint density at radius 2 is 1.90 bits per heavy atom. The summed E-state index contributed by atoms with van der Waals surface area (Å²) in [6.07, 6.45) is 2.19. The van der Waals surface area contributed by atoms with Crippen molar-refractivity contribution in [3.8, 4) is 5.75 Å². The number of rotatable bonds is 4. The summed E-state index contributed by atoms with van der Waals surface area (Å²) in [5, 5.41) is 0. The van der Waals surface area contributed by atoms with Crippen molar-refractivity contribution < 1.29 is 9.53 Å². The summed E-state index contributed by atoms with van der Waals surface area (Å²) >= 11 is 3.41. The van der Waals surface area contributed by atoms with E-state index < -0.39 is 0 Å². The molecule has 5 heteroatoms. The van der Waals surface area contributed by atoms with E-state index in [-0.39, 0.29) is 12.0 Å². The summed E-state index contributed by atoms with van der Waals surface area (Å²) in [6.45, 7) is 2.35. The second kappa shape index (κ2) is 7.09. The van der Waals surface area contributed by atoms with Crippen molar-refractivity contribution in [3.63, 3.8) is 0 Å². The number of ether oxygens (including phenoxy) is 1. The molecule has 0 N–H and O–H groups in total. The van der Waals surface area contributed by atoms with Gasteiger partial charge in [-0.25, -0.2) is 0 Å². The smallest absolute Gasteiger partial charge is 0.236 e. The van der Waals surface area contributed by atoms with Gasteiger partial charge in [0.1, 0.15) is 11.9 Å². The fourth-order valence-corrected chi connectivity index (χ4v) is 2.49. The molecule has 1 aromatic rings. The van der Waals surface area contributed by atoms with Crippen molar-refractivity contribution in [1.29, 1.82) is 0 Å². The lowest BCUT2D eigenvalue weighted by Crippen LogP contribution is -2.43. The second-order valence-corrected chi connectivity index (χ2v) is 6.25. The lowest BCUT2D eigenvalue weighted by molar-refractivity contribution is -0.130. The van der Waals surface area contributed by atoms with Gasteiger partial charge in [-0.3, -0.25) is 9.69 Å². The third kappa shape index (κ3) is 4.49. The highest BCUT2D eigenvalue weighted by Gasteiger charge is 2.22. The lowest BCUT2D eigenvalue weighted by atomic mass is 10.1. The van der Waals surface area contributed by atoms with Crippen LogP contribution in [0.3, 0.4) is 0 Å². The highest BCUT2D eigenvalue weighted by atomic mass is 79.9. The molecule has 1 amide bonds. The molecule has 2 rings (SSSR count). The van der Waals surface area contributed by atoms with Gasteiger partial charge in [-0.2, -0.15) is 0 Å². The third-order valence-electron chi connectivity index (χ3n) is 3.51. The Balaban J connectivity index is 1.77. The predicted molar refractivity (Wildman–Crippen MR) is 82.9 cm³/mol. The van der Waals surface area contributed by atoms with E-state index in [0.717, 1.165) is 36.2 Å². The molecule has 0 radical (unpaired) electrons. The van der Waals surface area contributed by atoms with Gasteiger partial charge in [0.25, 0.3) is 0 Å². The van der Waals surface area contributed by atoms with E-state index in [1.54, 1.807) is 19.0 Å². The van der Waals surface area contributed by atoms with Crippen LogP contribution in [0.15, 0.2) is 28.7 Å². The van der Waals surface area contributed by atoms with Gasteiger partial charge in [-0.15, -0.1) is 0 Å². The lowest BCUT2D eigenvalue weighted by Gasteiger charge is -2.32. The standard InChI is InChI=1S/C15H21BrN2O2/c1-17(2)15(19)11-18-9-7-14(8-10-18)20-13-5-3-12(16)4-6-13/h3-6,14H,7-11H2,1-2H3. The maximum Gasteiger partial charge on any atom is 0.236 e. The van der Waals surface area contributed by atoms with Crippen LogP contribution in [-0.4, -0.2) is 55.5 Å². The van der Waals surface area contributed by atoms with Gasteiger partial charge in [-0.1, -0.05) is 15.9 Å². The molecule has 1 aromatic carbocycles. The first kappa shape index (κ1) is 15.3. The number of amides is 1. The molecule has 20 heavy (non-hydrogen) atoms. The van der Waals surface area contributed by atoms with Gasteiger partial charge in [0.15, 0.2) is 0 Å². The molecule has 1 fully saturated rings. The van der Waals surface area contributed by atoms with E-state index in [9.17, 15) is 4.79 Å². The van der Waals surface area contributed by atoms with Crippen LogP contribution < -0.4 is 4.74 Å². The first-order valence-corrected chi connectivity index (χ1v) is 7.68. The van der Waals surface area contributed by atoms with Gasteiger partial charge >= 0.3 is 0 Å². The van der Waals surface area contributed by atoms with E-state index in [2.05, 4.69) is 20.8 Å². The number of hydrogen-bond donors (Lipinski definition) is 0. The fourth-order valence-electron chi connectivity index (χ4n) is 2.22. The van der Waals surface area contributed by atoms with Crippen molar-refractivity contribution >= 4 is 21.8 Å². The molecule has 110 valence electrons. The van der Waals surface area contributed by atoms with Gasteiger partial charge in [-0.05, 0) is 37.1 Å². The Bertz CT molecular complexity index is 440. The van der Waals surface area contributed by atoms with Gasteiger partial charge in [0, 0.05) is 31.7 Å². The van der Waals surface area contributed by atoms with Crippen molar-refractivity contribution in [1.82, 2.24) is 9.80 Å². The van der Waals surface area contributed by atoms with Crippen LogP contribution in [0.4, 0.5) is 0 Å². The average Bonchev–Trinajstić information content (AvgIpc) is 2.43. The number of carbonyl (C=O) groups excluding carboxylic acids is 1. The van der Waals surface area contributed by atoms with E-state index in [1.165, 1.54) is 0 Å². The molecule has 0 saturated carbocycles. The average molecular weight is 341 g/mol. The monoisotopic (exact) mass is 340 g/mol. The molecule has 1 heterocycles. The maximum absolute atomic E-state index is 11.7. The highest BCUT2D eigenvalue weighted by Crippen LogP contribution is 2.21. The Morgan fingerprint density at radius 3 is 2.45 bits per heavy atom. The minimum Gasteiger partial charge on any atom is -0.490 e. The zero-order valence-electron chi connectivity index (χ0n) is 12.0. The van der Waals surface area contributed by atoms with Gasteiger partial charge < -0.3 is 9.64 Å². The van der Waals surface area contributed by atoms with E-state index in [0.29, 0.717) is 6.54 Å². The minimum absolute atomic E-state index is 0.164. The molecule has 0 aromatic heterocycles. The SMILES string of the molecule is CN(C)C(=O)CN1CCC(Oc2ccc(Br)cc2)CC1. The van der Waals surface area contributed by atoms with Crippen LogP contribution in [-0.2, 0) is 4.79 Å². The van der Waals surface area contributed by atoms with Crippen LogP contribution in [0, 0.1) is 0 Å². The Hall–Kier alpha value is -1.07. The third-order valence-corrected chi connectivity index (χ3v) is 4.04. The van der Waals surface area contributed by atoms with Crippen LogP contribution >= 0.6 is 15.9 Å². The molecule has 0 spiro atoms. The predicted octanol–water partition coefficient (Wildman–Crippen LogP) is 2.38. The van der Waals surface area contributed by atoms with Crippen molar-refractivity contribution in [2.24, 2.45) is 0 Å². The summed E-state index contributed by atoms with van der Waals surface area (Å²) in [4.78, 5) is 15.5. The number of likely N-dealkylation sites (N-methyl/N-ethyl adjacent to an activating group) is 1. The first-order chi connectivity index (χ1) is 9.54. The van der Waals surface area contributed by atoms with Gasteiger partial charge in [0.2, 0.25) is 5.91 Å². The molecule has 4 nitrogen and oxygen atoms in total. The van der Waals surface area contributed by atoms with Crippen LogP contribution in [0.5, 0.6) is 5.75 Å². The summed E-state index contributed by atoms with van der Waals surface area (Å²) in [5.41, 5.74) is 0. The normalized spacial score (nSPS) is 16.9. The fraction of sp³-hybridized carbons (Fsp3) is 0.533. The topological polar surface area (TPSA) is 32.8 Å². The zero-order valence-corrected chi connectivity index (χ0v) is 13.6. The largest absolute Gasteiger partial charge is 0.490 e. The first-order valence-electron chi connectivity index (χ1n) is 6.89. The maximum atomic E-state index is 11.7. The molecular formula is C15H21BrN2O2. The summed E-state index contributed by atoms with van der Waals surface area (Å²) in [7, 11) is 3.59. The molecule has 0 unspecified atom stereocenters. The molecule has 1 aliphatic heterocycles. The Kier molecular flexibility index (Phi) is 5.43. The summed E-state index contributed by atoms with van der Waals surface area (Å²) in [6, 6.07) is 7.93. The quantitative estimate of drug-likeness (QED) is 0.843. The van der Waals surface area contributed by atoms with Crippen LogP contribution in [0.25, 0.3) is 0 Å². The number of piperidine rings is 1. The van der Waals surface area contributed by atoms with Crippen LogP contribution in [0.1, 0.15) is 12.8 Å². The second-order valence-electron chi connectivity index (χ2n) is 5.34. The number of hydrogen-bond acceptors (Lipinski definition) is 3. The molecular weight excluding hydrogens is 320 g/mol. The Labute approximate surface area is 128 Å². The number of nitrogens with zero attached hydrogens (tertiary/aromatic N) is 2. The highest BCUT2D eigenvalue weighted by molar-refractivity contribution is 9.10. The number of benzene rings is 1. The van der Waals surface area contributed by atoms with Crippen molar-refractivity contribution in [2.45, 2.75) is 18.9 Å². The molecule has 0 aliphatic carbocycles. The van der Waals surface area contributed by atoms with Crippen molar-refractivity contribution in [3.05, 3.63) is 28.7 Å². The summed E-state index contributed by atoms with van der Waals surface area (Å²) < 4.78 is 7.03. The number of carbonyl (C=O) groups is 1. The summed E-state index contributed by atoms with van der Waals surface area (Å²) in [5.74, 6) is 1.08. The zero-order chi connectivity index (χ0) is 14.5. The Morgan fingerprint density at radius 1 is 1.30 bits per heavy atom. The minimum atomic E-state index is 0.164. The number of halogens is 1. The van der Waals surface area contributed by atoms with E-state index in [4.69, 9.17) is 4.74 Å². The van der Waals surface area contributed by atoms with E-state index in [1.807, 2.05) is 24.3 Å². The molecule has 0 bridgehead atoms. The van der Waals surface area contributed by atoms with Crippen molar-refractivity contribution in [2.75, 3.05) is 33.7 Å².